The first-order chi connectivity index (χ1) is 23.3. The molecular weight excluding hydrogens is 641 g/mol. The quantitative estimate of drug-likeness (QED) is 0.128. The maximum atomic E-state index is 13.2. The van der Waals surface area contributed by atoms with Gasteiger partial charge in [0.1, 0.15) is 35.4 Å². The molecule has 5 rings (SSSR count). The molecule has 1 aliphatic heterocycles. The number of hydrogen-bond acceptors (Lipinski definition) is 9. The smallest absolute Gasteiger partial charge is 0.353 e. The molecule has 0 unspecified atom stereocenters. The SMILES string of the molecule is CCOc1ccn([C@@H]2O[C@H](COC(c3ccccc3)(c3ccc(OC)cc3)c3ccc(OC)cc3)[C@@H](O[Si](C)(C)C(C)(C)C)[C@H]2O)c(=O)n1. The molecule has 262 valence electrons. The lowest BCUT2D eigenvalue weighted by atomic mass is 9.80. The molecule has 0 spiro atoms. The highest BCUT2D eigenvalue weighted by molar-refractivity contribution is 6.74. The molecule has 4 aromatic rings. The van der Waals surface area contributed by atoms with Crippen molar-refractivity contribution in [2.24, 2.45) is 0 Å². The van der Waals surface area contributed by atoms with Gasteiger partial charge < -0.3 is 33.2 Å². The van der Waals surface area contributed by atoms with Crippen molar-refractivity contribution in [3.8, 4) is 17.4 Å². The first-order valence-electron chi connectivity index (χ1n) is 16.6. The maximum Gasteiger partial charge on any atom is 0.353 e. The van der Waals surface area contributed by atoms with Gasteiger partial charge in [-0.2, -0.15) is 4.98 Å². The molecule has 1 aliphatic rings. The van der Waals surface area contributed by atoms with E-state index in [1.54, 1.807) is 20.3 Å². The monoisotopic (exact) mass is 688 g/mol. The van der Waals surface area contributed by atoms with Crippen molar-refractivity contribution >= 4 is 8.32 Å². The lowest BCUT2D eigenvalue weighted by Gasteiger charge is -2.41. The van der Waals surface area contributed by atoms with E-state index in [0.29, 0.717) is 18.1 Å². The van der Waals surface area contributed by atoms with Gasteiger partial charge in [0.2, 0.25) is 5.88 Å². The second-order valence-corrected chi connectivity index (χ2v) is 18.4. The summed E-state index contributed by atoms with van der Waals surface area (Å²) in [4.78, 5) is 17.2. The van der Waals surface area contributed by atoms with E-state index in [9.17, 15) is 9.90 Å². The molecule has 1 saturated heterocycles. The molecule has 0 aliphatic carbocycles. The van der Waals surface area contributed by atoms with Crippen LogP contribution in [0.5, 0.6) is 17.4 Å². The molecule has 4 atom stereocenters. The standard InChI is InChI=1S/C38H48N2O8Si/c1-9-45-32-23-24-40(36(42)39-32)35-33(41)34(48-49(7,8)37(2,3)4)31(47-35)25-46-38(26-13-11-10-12-14-26,27-15-19-29(43-5)20-16-27)28-17-21-30(44-6)22-18-28/h10-24,31,33-35,41H,9,25H2,1-8H3/t31-,33-,34-,35-/m1/s1. The van der Waals surface area contributed by atoms with Gasteiger partial charge in [-0.05, 0) is 66.0 Å². The molecule has 0 radical (unpaired) electrons. The zero-order valence-corrected chi connectivity index (χ0v) is 30.6. The number of ether oxygens (including phenoxy) is 5. The third-order valence-corrected chi connectivity index (χ3v) is 14.0. The van der Waals surface area contributed by atoms with Crippen LogP contribution in [0, 0.1) is 0 Å². The first-order valence-corrected chi connectivity index (χ1v) is 19.5. The molecule has 0 saturated carbocycles. The number of benzene rings is 3. The van der Waals surface area contributed by atoms with Crippen molar-refractivity contribution in [3.63, 3.8) is 0 Å². The summed E-state index contributed by atoms with van der Waals surface area (Å²) in [5.74, 6) is 1.63. The maximum absolute atomic E-state index is 13.2. The minimum absolute atomic E-state index is 0.0129. The van der Waals surface area contributed by atoms with Gasteiger partial charge in [0.15, 0.2) is 14.5 Å². The van der Waals surface area contributed by atoms with Gasteiger partial charge >= 0.3 is 5.69 Å². The normalized spacial score (nSPS) is 19.9. The average Bonchev–Trinajstić information content (AvgIpc) is 3.39. The minimum atomic E-state index is -2.45. The Morgan fingerprint density at radius 1 is 0.857 bits per heavy atom. The Morgan fingerprint density at radius 3 is 1.90 bits per heavy atom. The van der Waals surface area contributed by atoms with E-state index in [4.69, 9.17) is 28.1 Å². The summed E-state index contributed by atoms with van der Waals surface area (Å²) in [5, 5.41) is 11.7. The summed E-state index contributed by atoms with van der Waals surface area (Å²) in [7, 11) is 0.811. The van der Waals surface area contributed by atoms with Crippen molar-refractivity contribution in [1.82, 2.24) is 9.55 Å². The van der Waals surface area contributed by atoms with E-state index in [1.807, 2.05) is 85.8 Å². The molecular formula is C38H48N2O8Si. The zero-order chi connectivity index (χ0) is 35.4. The first kappa shape index (κ1) is 36.3. The number of aromatic nitrogens is 2. The third-order valence-electron chi connectivity index (χ3n) is 9.55. The van der Waals surface area contributed by atoms with Crippen LogP contribution in [0.15, 0.2) is 95.9 Å². The highest BCUT2D eigenvalue weighted by Gasteiger charge is 2.51. The van der Waals surface area contributed by atoms with Crippen LogP contribution in [-0.2, 0) is 19.5 Å². The summed E-state index contributed by atoms with van der Waals surface area (Å²) < 4.78 is 38.3. The van der Waals surface area contributed by atoms with Gasteiger partial charge in [-0.1, -0.05) is 75.4 Å². The Hall–Kier alpha value is -4.00. The van der Waals surface area contributed by atoms with E-state index in [-0.39, 0.29) is 17.5 Å². The topological polar surface area (TPSA) is 111 Å². The molecule has 3 aromatic carbocycles. The fraction of sp³-hybridized carbons (Fsp3) is 0.421. The summed E-state index contributed by atoms with van der Waals surface area (Å²) in [6, 6.07) is 27.1. The Balaban J connectivity index is 1.61. The molecule has 49 heavy (non-hydrogen) atoms. The predicted molar refractivity (Wildman–Crippen MR) is 190 cm³/mol. The largest absolute Gasteiger partial charge is 0.497 e. The van der Waals surface area contributed by atoms with Crippen LogP contribution in [0.25, 0.3) is 0 Å². The summed E-state index contributed by atoms with van der Waals surface area (Å²) in [6.45, 7) is 12.9. The molecule has 1 N–H and O–H groups in total. The molecule has 1 aromatic heterocycles. The van der Waals surface area contributed by atoms with Gasteiger partial charge in [0.25, 0.3) is 0 Å². The molecule has 2 heterocycles. The fourth-order valence-corrected chi connectivity index (χ4v) is 7.17. The van der Waals surface area contributed by atoms with Crippen LogP contribution in [0.3, 0.4) is 0 Å². The predicted octanol–water partition coefficient (Wildman–Crippen LogP) is 6.32. The van der Waals surface area contributed by atoms with E-state index >= 15 is 0 Å². The molecule has 1 fully saturated rings. The molecule has 10 nitrogen and oxygen atoms in total. The van der Waals surface area contributed by atoms with Crippen LogP contribution >= 0.6 is 0 Å². The highest BCUT2D eigenvalue weighted by Crippen LogP contribution is 2.45. The number of nitrogens with zero attached hydrogens (tertiary/aromatic N) is 2. The number of aliphatic hydroxyl groups is 1. The van der Waals surface area contributed by atoms with Gasteiger partial charge in [0, 0.05) is 12.3 Å². The minimum Gasteiger partial charge on any atom is -0.497 e. The van der Waals surface area contributed by atoms with Crippen molar-refractivity contribution in [2.75, 3.05) is 27.4 Å². The number of aliphatic hydroxyl groups excluding tert-OH is 1. The number of methoxy groups -OCH3 is 2. The third kappa shape index (κ3) is 7.46. The van der Waals surface area contributed by atoms with E-state index in [1.165, 1.54) is 10.8 Å². The van der Waals surface area contributed by atoms with Crippen molar-refractivity contribution in [2.45, 2.75) is 76.0 Å². The van der Waals surface area contributed by atoms with Crippen LogP contribution in [0.1, 0.15) is 50.6 Å². The fourth-order valence-electron chi connectivity index (χ4n) is 5.85. The van der Waals surface area contributed by atoms with Crippen LogP contribution < -0.4 is 19.9 Å². The second kappa shape index (κ2) is 14.9. The van der Waals surface area contributed by atoms with Crippen molar-refractivity contribution in [3.05, 3.63) is 118 Å². The zero-order valence-electron chi connectivity index (χ0n) is 29.6. The Labute approximate surface area is 289 Å². The molecule has 0 bridgehead atoms. The lowest BCUT2D eigenvalue weighted by molar-refractivity contribution is -0.0948. The van der Waals surface area contributed by atoms with Gasteiger partial charge in [-0.3, -0.25) is 4.57 Å². The summed E-state index contributed by atoms with van der Waals surface area (Å²) in [5.41, 5.74) is 0.875. The Morgan fingerprint density at radius 2 is 1.41 bits per heavy atom. The van der Waals surface area contributed by atoms with Gasteiger partial charge in [-0.25, -0.2) is 4.79 Å². The summed E-state index contributed by atoms with van der Waals surface area (Å²) in [6.07, 6.45) is -2.28. The van der Waals surface area contributed by atoms with E-state index < -0.39 is 44.1 Å². The molecule has 11 heteroatoms. The van der Waals surface area contributed by atoms with Gasteiger partial charge in [-0.15, -0.1) is 0 Å². The van der Waals surface area contributed by atoms with Crippen LogP contribution in [0.4, 0.5) is 0 Å². The number of rotatable bonds is 13. The Bertz CT molecular complexity index is 1670. The highest BCUT2D eigenvalue weighted by atomic mass is 28.4. The Kier molecular flexibility index (Phi) is 11.0. The van der Waals surface area contributed by atoms with Crippen LogP contribution in [0.2, 0.25) is 18.1 Å². The number of hydrogen-bond donors (Lipinski definition) is 1. The van der Waals surface area contributed by atoms with E-state index in [2.05, 4.69) is 38.8 Å². The molecule has 0 amide bonds. The summed E-state index contributed by atoms with van der Waals surface area (Å²) >= 11 is 0. The lowest BCUT2D eigenvalue weighted by Crippen LogP contribution is -2.50. The van der Waals surface area contributed by atoms with Crippen LogP contribution in [-0.4, -0.2) is 68.7 Å². The van der Waals surface area contributed by atoms with E-state index in [0.717, 1.165) is 16.7 Å². The average molecular weight is 689 g/mol. The second-order valence-electron chi connectivity index (χ2n) is 13.6. The van der Waals surface area contributed by atoms with Crippen molar-refractivity contribution < 1.29 is 33.2 Å². The van der Waals surface area contributed by atoms with Crippen molar-refractivity contribution in [1.29, 1.82) is 0 Å². The van der Waals surface area contributed by atoms with Gasteiger partial charge in [0.05, 0.1) is 27.4 Å².